The second-order valence-corrected chi connectivity index (χ2v) is 6.59. The van der Waals surface area contributed by atoms with Crippen LogP contribution in [-0.4, -0.2) is 22.1 Å². The average molecular weight is 336 g/mol. The number of unbranched alkanes of at least 4 members (excludes halogenated alkanes) is 1. The maximum atomic E-state index is 12.1. The highest BCUT2D eigenvalue weighted by Crippen LogP contribution is 2.30. The number of benzene rings is 1. The summed E-state index contributed by atoms with van der Waals surface area (Å²) in [5.74, 6) is 0.344. The molecule has 0 saturated carbocycles. The summed E-state index contributed by atoms with van der Waals surface area (Å²) in [6.45, 7) is 4.30. The molecule has 0 aliphatic rings. The Bertz CT molecular complexity index is 514. The second kappa shape index (κ2) is 6.54. The third-order valence-corrected chi connectivity index (χ3v) is 4.89. The first-order valence-electron chi connectivity index (χ1n) is 5.76. The van der Waals surface area contributed by atoms with E-state index >= 15 is 0 Å². The standard InChI is InChI=1S/C12H18BrNO3S/c1-4-5-6-14-18(15,16)12-7-9(2)10(13)8-11(12)17-3/h7-8,14H,4-6H2,1-3H3. The van der Waals surface area contributed by atoms with Gasteiger partial charge in [0.25, 0.3) is 0 Å². The van der Waals surface area contributed by atoms with E-state index in [0.717, 1.165) is 22.9 Å². The molecule has 18 heavy (non-hydrogen) atoms. The topological polar surface area (TPSA) is 55.4 Å². The Hall–Kier alpha value is -0.590. The van der Waals surface area contributed by atoms with Crippen LogP contribution in [-0.2, 0) is 10.0 Å². The van der Waals surface area contributed by atoms with E-state index in [1.165, 1.54) is 7.11 Å². The van der Waals surface area contributed by atoms with Gasteiger partial charge in [-0.05, 0) is 31.0 Å². The number of nitrogens with one attached hydrogen (secondary N) is 1. The van der Waals surface area contributed by atoms with E-state index < -0.39 is 10.0 Å². The number of methoxy groups -OCH3 is 1. The highest BCUT2D eigenvalue weighted by Gasteiger charge is 2.20. The molecule has 1 aromatic carbocycles. The Kier molecular flexibility index (Phi) is 5.62. The third-order valence-electron chi connectivity index (χ3n) is 2.56. The number of ether oxygens (including phenoxy) is 1. The third kappa shape index (κ3) is 3.70. The van der Waals surface area contributed by atoms with Gasteiger partial charge < -0.3 is 4.74 Å². The van der Waals surface area contributed by atoms with Crippen LogP contribution in [0.4, 0.5) is 0 Å². The van der Waals surface area contributed by atoms with E-state index in [2.05, 4.69) is 20.7 Å². The fourth-order valence-electron chi connectivity index (χ4n) is 1.47. The van der Waals surface area contributed by atoms with E-state index in [4.69, 9.17) is 4.74 Å². The van der Waals surface area contributed by atoms with Crippen LogP contribution in [0.15, 0.2) is 21.5 Å². The van der Waals surface area contributed by atoms with Crippen molar-refractivity contribution in [2.45, 2.75) is 31.6 Å². The molecule has 1 aromatic rings. The predicted molar refractivity (Wildman–Crippen MR) is 75.5 cm³/mol. The maximum Gasteiger partial charge on any atom is 0.244 e. The summed E-state index contributed by atoms with van der Waals surface area (Å²) in [5, 5.41) is 0. The van der Waals surface area contributed by atoms with Gasteiger partial charge in [-0.25, -0.2) is 13.1 Å². The van der Waals surface area contributed by atoms with Gasteiger partial charge in [0.15, 0.2) is 0 Å². The molecule has 102 valence electrons. The zero-order chi connectivity index (χ0) is 13.8. The van der Waals surface area contributed by atoms with Crippen LogP contribution < -0.4 is 9.46 Å². The minimum atomic E-state index is -3.51. The van der Waals surface area contributed by atoms with Crippen LogP contribution in [0, 0.1) is 6.92 Å². The minimum absolute atomic E-state index is 0.182. The van der Waals surface area contributed by atoms with Gasteiger partial charge in [-0.1, -0.05) is 29.3 Å². The van der Waals surface area contributed by atoms with Crippen molar-refractivity contribution >= 4 is 26.0 Å². The van der Waals surface area contributed by atoms with Gasteiger partial charge in [0, 0.05) is 11.0 Å². The summed E-state index contributed by atoms with van der Waals surface area (Å²) < 4.78 is 32.8. The number of rotatable bonds is 6. The SMILES string of the molecule is CCCCNS(=O)(=O)c1cc(C)c(Br)cc1OC. The zero-order valence-electron chi connectivity index (χ0n) is 10.8. The Morgan fingerprint density at radius 2 is 2.06 bits per heavy atom. The molecule has 0 aliphatic carbocycles. The second-order valence-electron chi connectivity index (χ2n) is 4.00. The summed E-state index contributed by atoms with van der Waals surface area (Å²) >= 11 is 3.36. The lowest BCUT2D eigenvalue weighted by Crippen LogP contribution is -2.25. The Labute approximate surface area is 117 Å². The van der Waals surface area contributed by atoms with Crippen molar-refractivity contribution in [1.82, 2.24) is 4.72 Å². The van der Waals surface area contributed by atoms with Gasteiger partial charge in [0.2, 0.25) is 10.0 Å². The van der Waals surface area contributed by atoms with Gasteiger partial charge >= 0.3 is 0 Å². The lowest BCUT2D eigenvalue weighted by Gasteiger charge is -2.12. The number of hydrogen-bond donors (Lipinski definition) is 1. The van der Waals surface area contributed by atoms with Gasteiger partial charge in [-0.3, -0.25) is 0 Å². The number of hydrogen-bond acceptors (Lipinski definition) is 3. The van der Waals surface area contributed by atoms with Crippen molar-refractivity contribution in [3.8, 4) is 5.75 Å². The lowest BCUT2D eigenvalue weighted by atomic mass is 10.2. The van der Waals surface area contributed by atoms with Crippen molar-refractivity contribution in [3.05, 3.63) is 22.2 Å². The number of aryl methyl sites for hydroxylation is 1. The molecule has 0 unspecified atom stereocenters. The zero-order valence-corrected chi connectivity index (χ0v) is 13.2. The molecule has 0 fully saturated rings. The molecule has 0 atom stereocenters. The summed E-state index contributed by atoms with van der Waals surface area (Å²) in [4.78, 5) is 0.182. The predicted octanol–water partition coefficient (Wildman–Crippen LogP) is 2.84. The molecule has 1 N–H and O–H groups in total. The van der Waals surface area contributed by atoms with E-state index in [1.54, 1.807) is 12.1 Å². The van der Waals surface area contributed by atoms with Crippen LogP contribution in [0.1, 0.15) is 25.3 Å². The van der Waals surface area contributed by atoms with Gasteiger partial charge in [-0.2, -0.15) is 0 Å². The van der Waals surface area contributed by atoms with Crippen LogP contribution in [0.25, 0.3) is 0 Å². The monoisotopic (exact) mass is 335 g/mol. The molecule has 0 heterocycles. The molecule has 0 spiro atoms. The average Bonchev–Trinajstić information content (AvgIpc) is 2.32. The highest BCUT2D eigenvalue weighted by molar-refractivity contribution is 9.10. The normalized spacial score (nSPS) is 11.6. The Morgan fingerprint density at radius 3 is 2.61 bits per heavy atom. The molecule has 0 radical (unpaired) electrons. The summed E-state index contributed by atoms with van der Waals surface area (Å²) in [5.41, 5.74) is 0.853. The van der Waals surface area contributed by atoms with E-state index in [-0.39, 0.29) is 4.90 Å². The van der Waals surface area contributed by atoms with Gasteiger partial charge in [0.1, 0.15) is 10.6 Å². The summed E-state index contributed by atoms with van der Waals surface area (Å²) in [6, 6.07) is 3.28. The van der Waals surface area contributed by atoms with Gasteiger partial charge in [-0.15, -0.1) is 0 Å². The fraction of sp³-hybridized carbons (Fsp3) is 0.500. The Morgan fingerprint density at radius 1 is 1.39 bits per heavy atom. The molecule has 0 aliphatic heterocycles. The van der Waals surface area contributed by atoms with Crippen molar-refractivity contribution in [2.75, 3.05) is 13.7 Å². The van der Waals surface area contributed by atoms with Crippen LogP contribution in [0.5, 0.6) is 5.75 Å². The first-order chi connectivity index (χ1) is 8.42. The van der Waals surface area contributed by atoms with E-state index in [0.29, 0.717) is 12.3 Å². The molecule has 0 aromatic heterocycles. The van der Waals surface area contributed by atoms with Crippen molar-refractivity contribution in [3.63, 3.8) is 0 Å². The molecule has 4 nitrogen and oxygen atoms in total. The first-order valence-corrected chi connectivity index (χ1v) is 8.03. The maximum absolute atomic E-state index is 12.1. The summed E-state index contributed by atoms with van der Waals surface area (Å²) in [6.07, 6.45) is 1.76. The molecule has 0 amide bonds. The largest absolute Gasteiger partial charge is 0.495 e. The number of halogens is 1. The minimum Gasteiger partial charge on any atom is -0.495 e. The summed E-state index contributed by atoms with van der Waals surface area (Å²) in [7, 11) is -2.05. The van der Waals surface area contributed by atoms with Crippen molar-refractivity contribution in [2.24, 2.45) is 0 Å². The molecule has 6 heteroatoms. The van der Waals surface area contributed by atoms with Crippen LogP contribution in [0.2, 0.25) is 0 Å². The first kappa shape index (κ1) is 15.5. The molecular weight excluding hydrogens is 318 g/mol. The molecule has 0 saturated heterocycles. The quantitative estimate of drug-likeness (QED) is 0.813. The van der Waals surface area contributed by atoms with Gasteiger partial charge in [0.05, 0.1) is 7.11 Å². The molecular formula is C12H18BrNO3S. The molecule has 0 bridgehead atoms. The van der Waals surface area contributed by atoms with E-state index in [9.17, 15) is 8.42 Å². The highest BCUT2D eigenvalue weighted by atomic mass is 79.9. The molecule has 1 rings (SSSR count). The van der Waals surface area contributed by atoms with Crippen molar-refractivity contribution < 1.29 is 13.2 Å². The van der Waals surface area contributed by atoms with Crippen molar-refractivity contribution in [1.29, 1.82) is 0 Å². The number of sulfonamides is 1. The Balaban J connectivity index is 3.11. The lowest BCUT2D eigenvalue weighted by molar-refractivity contribution is 0.402. The van der Waals surface area contributed by atoms with Crippen LogP contribution >= 0.6 is 15.9 Å². The fourth-order valence-corrected chi connectivity index (χ4v) is 3.10. The van der Waals surface area contributed by atoms with Crippen LogP contribution in [0.3, 0.4) is 0 Å². The smallest absolute Gasteiger partial charge is 0.244 e. The van der Waals surface area contributed by atoms with E-state index in [1.807, 2.05) is 13.8 Å².